The zero-order valence-corrected chi connectivity index (χ0v) is 13.3. The van der Waals surface area contributed by atoms with Crippen LogP contribution in [0, 0.1) is 0 Å². The van der Waals surface area contributed by atoms with Gasteiger partial charge in [-0.15, -0.1) is 0 Å². The summed E-state index contributed by atoms with van der Waals surface area (Å²) < 4.78 is 2.05. The van der Waals surface area contributed by atoms with Gasteiger partial charge in [-0.05, 0) is 51.1 Å². The molecule has 0 atom stereocenters. The molecule has 1 aliphatic carbocycles. The predicted octanol–water partition coefficient (Wildman–Crippen LogP) is 2.46. The highest BCUT2D eigenvalue weighted by atomic mass is 15.3. The first kappa shape index (κ1) is 15.5. The summed E-state index contributed by atoms with van der Waals surface area (Å²) >= 11 is 0. The van der Waals surface area contributed by atoms with Crippen LogP contribution < -0.4 is 5.73 Å². The molecule has 0 aliphatic heterocycles. The minimum absolute atomic E-state index is 0.429. The molecule has 0 unspecified atom stereocenters. The van der Waals surface area contributed by atoms with Crippen LogP contribution >= 0.6 is 0 Å². The van der Waals surface area contributed by atoms with Crippen LogP contribution in [0.4, 0.5) is 0 Å². The fourth-order valence-electron chi connectivity index (χ4n) is 3.25. The summed E-state index contributed by atoms with van der Waals surface area (Å²) in [6, 6.07) is 3.39. The Hall–Kier alpha value is -0.870. The summed E-state index contributed by atoms with van der Waals surface area (Å²) in [6.07, 6.45) is 7.08. The quantitative estimate of drug-likeness (QED) is 0.869. The SMILES string of the molecule is CCCN(Cc1cc(CC)nn1C)C1CCC(N)CC1. The molecular weight excluding hydrogens is 248 g/mol. The van der Waals surface area contributed by atoms with E-state index in [9.17, 15) is 0 Å². The van der Waals surface area contributed by atoms with Crippen molar-refractivity contribution in [2.45, 2.75) is 71.0 Å². The van der Waals surface area contributed by atoms with Crippen molar-refractivity contribution in [3.8, 4) is 0 Å². The van der Waals surface area contributed by atoms with Gasteiger partial charge in [0.1, 0.15) is 0 Å². The van der Waals surface area contributed by atoms with E-state index in [-0.39, 0.29) is 0 Å². The summed E-state index contributed by atoms with van der Waals surface area (Å²) in [5.74, 6) is 0. The fraction of sp³-hybridized carbons (Fsp3) is 0.812. The zero-order chi connectivity index (χ0) is 14.5. The highest BCUT2D eigenvalue weighted by Gasteiger charge is 2.24. The Morgan fingerprint density at radius 3 is 2.55 bits per heavy atom. The van der Waals surface area contributed by atoms with Crippen molar-refractivity contribution in [2.24, 2.45) is 12.8 Å². The first-order valence-electron chi connectivity index (χ1n) is 8.15. The molecule has 0 spiro atoms. The first-order chi connectivity index (χ1) is 9.63. The second-order valence-corrected chi connectivity index (χ2v) is 6.14. The van der Waals surface area contributed by atoms with Gasteiger partial charge in [-0.1, -0.05) is 13.8 Å². The van der Waals surface area contributed by atoms with Crippen LogP contribution in [0.1, 0.15) is 57.3 Å². The zero-order valence-electron chi connectivity index (χ0n) is 13.3. The number of nitrogens with two attached hydrogens (primary N) is 1. The predicted molar refractivity (Wildman–Crippen MR) is 83.5 cm³/mol. The van der Waals surface area contributed by atoms with Crippen LogP contribution in [-0.4, -0.2) is 33.3 Å². The Balaban J connectivity index is 2.02. The monoisotopic (exact) mass is 278 g/mol. The van der Waals surface area contributed by atoms with Crippen molar-refractivity contribution in [1.29, 1.82) is 0 Å². The minimum Gasteiger partial charge on any atom is -0.328 e. The summed E-state index contributed by atoms with van der Waals surface area (Å²) in [7, 11) is 2.06. The van der Waals surface area contributed by atoms with Gasteiger partial charge in [-0.25, -0.2) is 0 Å². The Morgan fingerprint density at radius 2 is 2.00 bits per heavy atom. The molecule has 1 fully saturated rings. The van der Waals surface area contributed by atoms with Crippen LogP contribution in [0.25, 0.3) is 0 Å². The number of nitrogens with zero attached hydrogens (tertiary/aromatic N) is 3. The maximum atomic E-state index is 6.04. The van der Waals surface area contributed by atoms with Gasteiger partial charge in [0.05, 0.1) is 11.4 Å². The second-order valence-electron chi connectivity index (χ2n) is 6.14. The van der Waals surface area contributed by atoms with Crippen LogP contribution in [0.2, 0.25) is 0 Å². The van der Waals surface area contributed by atoms with Gasteiger partial charge in [0.15, 0.2) is 0 Å². The molecule has 1 aromatic heterocycles. The molecule has 1 heterocycles. The Labute approximate surface area is 123 Å². The van der Waals surface area contributed by atoms with E-state index in [2.05, 4.69) is 41.6 Å². The van der Waals surface area contributed by atoms with Crippen LogP contribution in [0.15, 0.2) is 6.07 Å². The number of hydrogen-bond donors (Lipinski definition) is 1. The van der Waals surface area contributed by atoms with E-state index in [1.165, 1.54) is 50.0 Å². The maximum absolute atomic E-state index is 6.04. The maximum Gasteiger partial charge on any atom is 0.0625 e. The van der Waals surface area contributed by atoms with Crippen LogP contribution in [0.5, 0.6) is 0 Å². The minimum atomic E-state index is 0.429. The van der Waals surface area contributed by atoms with Gasteiger partial charge in [0.25, 0.3) is 0 Å². The Kier molecular flexibility index (Phi) is 5.61. The molecule has 0 saturated heterocycles. The molecule has 0 aromatic carbocycles. The third kappa shape index (κ3) is 3.83. The van der Waals surface area contributed by atoms with E-state index in [1.54, 1.807) is 0 Å². The molecule has 4 nitrogen and oxygen atoms in total. The Bertz CT molecular complexity index is 405. The number of aryl methyl sites for hydroxylation is 2. The van der Waals surface area contributed by atoms with Gasteiger partial charge < -0.3 is 5.73 Å². The molecule has 1 aromatic rings. The van der Waals surface area contributed by atoms with E-state index >= 15 is 0 Å². The number of hydrogen-bond acceptors (Lipinski definition) is 3. The van der Waals surface area contributed by atoms with Crippen molar-refractivity contribution in [1.82, 2.24) is 14.7 Å². The lowest BCUT2D eigenvalue weighted by Crippen LogP contribution is -2.41. The van der Waals surface area contributed by atoms with Crippen molar-refractivity contribution >= 4 is 0 Å². The lowest BCUT2D eigenvalue weighted by molar-refractivity contribution is 0.139. The molecule has 0 amide bonds. The van der Waals surface area contributed by atoms with Crippen LogP contribution in [0.3, 0.4) is 0 Å². The van der Waals surface area contributed by atoms with Crippen molar-refractivity contribution < 1.29 is 0 Å². The number of aromatic nitrogens is 2. The molecule has 1 aliphatic rings. The third-order valence-corrected chi connectivity index (χ3v) is 4.52. The van der Waals surface area contributed by atoms with Gasteiger partial charge in [0, 0.05) is 25.7 Å². The van der Waals surface area contributed by atoms with Crippen molar-refractivity contribution in [3.05, 3.63) is 17.5 Å². The molecule has 20 heavy (non-hydrogen) atoms. The lowest BCUT2D eigenvalue weighted by atomic mass is 9.90. The summed E-state index contributed by atoms with van der Waals surface area (Å²) in [5.41, 5.74) is 8.57. The van der Waals surface area contributed by atoms with Gasteiger partial charge in [-0.2, -0.15) is 5.10 Å². The third-order valence-electron chi connectivity index (χ3n) is 4.52. The number of rotatable bonds is 6. The van der Waals surface area contributed by atoms with Crippen molar-refractivity contribution in [3.63, 3.8) is 0 Å². The molecule has 2 rings (SSSR count). The molecule has 2 N–H and O–H groups in total. The average molecular weight is 278 g/mol. The molecular formula is C16H30N4. The molecule has 114 valence electrons. The summed E-state index contributed by atoms with van der Waals surface area (Å²) in [6.45, 7) is 6.63. The summed E-state index contributed by atoms with van der Waals surface area (Å²) in [5, 5.41) is 4.57. The van der Waals surface area contributed by atoms with E-state index in [4.69, 9.17) is 5.73 Å². The highest BCUT2D eigenvalue weighted by molar-refractivity contribution is 5.10. The largest absolute Gasteiger partial charge is 0.328 e. The van der Waals surface area contributed by atoms with E-state index in [1.807, 2.05) is 0 Å². The van der Waals surface area contributed by atoms with Gasteiger partial charge in [-0.3, -0.25) is 9.58 Å². The summed E-state index contributed by atoms with van der Waals surface area (Å²) in [4.78, 5) is 2.64. The van der Waals surface area contributed by atoms with E-state index < -0.39 is 0 Å². The molecule has 4 heteroatoms. The van der Waals surface area contributed by atoms with E-state index in [0.29, 0.717) is 12.1 Å². The first-order valence-corrected chi connectivity index (χ1v) is 8.15. The Morgan fingerprint density at radius 1 is 1.30 bits per heavy atom. The van der Waals surface area contributed by atoms with E-state index in [0.717, 1.165) is 13.0 Å². The standard InChI is InChI=1S/C16H30N4/c1-4-10-20(15-8-6-13(17)7-9-15)12-16-11-14(5-2)18-19(16)3/h11,13,15H,4-10,12,17H2,1-3H3. The smallest absolute Gasteiger partial charge is 0.0625 e. The second kappa shape index (κ2) is 7.23. The van der Waals surface area contributed by atoms with Gasteiger partial charge in [0.2, 0.25) is 0 Å². The van der Waals surface area contributed by atoms with Crippen molar-refractivity contribution in [2.75, 3.05) is 6.54 Å². The normalized spacial score (nSPS) is 23.4. The molecule has 0 radical (unpaired) electrons. The molecule has 1 saturated carbocycles. The topological polar surface area (TPSA) is 47.1 Å². The molecule has 0 bridgehead atoms. The van der Waals surface area contributed by atoms with Gasteiger partial charge >= 0.3 is 0 Å². The highest BCUT2D eigenvalue weighted by Crippen LogP contribution is 2.24. The average Bonchev–Trinajstić information content (AvgIpc) is 2.80. The fourth-order valence-corrected chi connectivity index (χ4v) is 3.25. The lowest BCUT2D eigenvalue weighted by Gasteiger charge is -2.36. The van der Waals surface area contributed by atoms with Crippen LogP contribution in [-0.2, 0) is 20.0 Å².